The van der Waals surface area contributed by atoms with E-state index in [9.17, 15) is 8.78 Å². The molecule has 0 aliphatic carbocycles. The number of halogens is 3. The smallest absolute Gasteiger partial charge is 0.387 e. The molecule has 0 bridgehead atoms. The molecule has 0 aliphatic heterocycles. The summed E-state index contributed by atoms with van der Waals surface area (Å²) in [7, 11) is 0. The zero-order valence-corrected chi connectivity index (χ0v) is 13.9. The molecule has 2 rings (SSSR count). The van der Waals surface area contributed by atoms with Gasteiger partial charge in [0.15, 0.2) is 5.96 Å². The molecule has 22 heavy (non-hydrogen) atoms. The van der Waals surface area contributed by atoms with Crippen molar-refractivity contribution in [1.82, 2.24) is 0 Å². The summed E-state index contributed by atoms with van der Waals surface area (Å²) in [5.41, 5.74) is 7.32. The molecule has 0 unspecified atom stereocenters. The van der Waals surface area contributed by atoms with Crippen LogP contribution >= 0.6 is 24.0 Å². The van der Waals surface area contributed by atoms with Crippen molar-refractivity contribution in [2.24, 2.45) is 10.7 Å². The van der Waals surface area contributed by atoms with Crippen molar-refractivity contribution in [2.45, 2.75) is 13.2 Å². The second-order valence-electron chi connectivity index (χ2n) is 4.22. The van der Waals surface area contributed by atoms with Gasteiger partial charge in [-0.15, -0.1) is 24.0 Å². The number of para-hydroxylation sites is 1. The van der Waals surface area contributed by atoms with Crippen LogP contribution in [0.1, 0.15) is 5.56 Å². The fraction of sp³-hybridized carbons (Fsp3) is 0.133. The van der Waals surface area contributed by atoms with Crippen molar-refractivity contribution in [2.75, 3.05) is 5.32 Å². The van der Waals surface area contributed by atoms with Crippen LogP contribution in [0.2, 0.25) is 0 Å². The Morgan fingerprint density at radius 2 is 1.86 bits per heavy atom. The molecule has 118 valence electrons. The van der Waals surface area contributed by atoms with Gasteiger partial charge < -0.3 is 15.8 Å². The predicted octanol–water partition coefficient (Wildman–Crippen LogP) is 3.83. The zero-order chi connectivity index (χ0) is 15.1. The highest BCUT2D eigenvalue weighted by atomic mass is 127. The highest BCUT2D eigenvalue weighted by molar-refractivity contribution is 14.0. The average Bonchev–Trinajstić information content (AvgIpc) is 2.46. The minimum Gasteiger partial charge on any atom is -0.435 e. The van der Waals surface area contributed by atoms with Crippen molar-refractivity contribution in [3.63, 3.8) is 0 Å². The molecule has 0 saturated heterocycles. The van der Waals surface area contributed by atoms with Crippen LogP contribution in [0.5, 0.6) is 5.75 Å². The summed E-state index contributed by atoms with van der Waals surface area (Å²) >= 11 is 0. The number of hydrogen-bond donors (Lipinski definition) is 2. The second-order valence-corrected chi connectivity index (χ2v) is 4.22. The molecule has 0 saturated carbocycles. The van der Waals surface area contributed by atoms with Crippen LogP contribution in [0.15, 0.2) is 59.6 Å². The summed E-state index contributed by atoms with van der Waals surface area (Å²) < 4.78 is 28.6. The van der Waals surface area contributed by atoms with Crippen LogP contribution in [-0.2, 0) is 6.54 Å². The summed E-state index contributed by atoms with van der Waals surface area (Å²) in [6.45, 7) is -2.57. The molecule has 7 heteroatoms. The molecule has 2 aromatic rings. The molecule has 2 aromatic carbocycles. The molecule has 0 spiro atoms. The van der Waals surface area contributed by atoms with E-state index in [1.54, 1.807) is 12.1 Å². The summed E-state index contributed by atoms with van der Waals surface area (Å²) in [5.74, 6) is 0.355. The first-order valence-corrected chi connectivity index (χ1v) is 6.29. The first-order chi connectivity index (χ1) is 10.1. The van der Waals surface area contributed by atoms with Crippen LogP contribution in [0.25, 0.3) is 0 Å². The lowest BCUT2D eigenvalue weighted by Crippen LogP contribution is -2.22. The molecule has 0 radical (unpaired) electrons. The van der Waals surface area contributed by atoms with Crippen molar-refractivity contribution < 1.29 is 13.5 Å². The Balaban J connectivity index is 0.00000242. The standard InChI is InChI=1S/C15H15F2N3O.HI/c16-14(17)21-13-8-4-5-11(9-13)10-19-15(18)20-12-6-2-1-3-7-12;/h1-9,14H,10H2,(H3,18,19,20);1H. The molecule has 0 aromatic heterocycles. The van der Waals surface area contributed by atoms with E-state index in [2.05, 4.69) is 15.0 Å². The largest absolute Gasteiger partial charge is 0.435 e. The van der Waals surface area contributed by atoms with E-state index in [0.717, 1.165) is 11.3 Å². The Morgan fingerprint density at radius 3 is 2.55 bits per heavy atom. The maximum absolute atomic E-state index is 12.1. The third-order valence-electron chi connectivity index (χ3n) is 2.60. The Morgan fingerprint density at radius 1 is 1.14 bits per heavy atom. The number of aliphatic imine (C=N–C) groups is 1. The molecule has 4 nitrogen and oxygen atoms in total. The number of guanidine groups is 1. The SMILES string of the molecule is I.NC(=NCc1cccc(OC(F)F)c1)Nc1ccccc1. The number of nitrogens with zero attached hydrogens (tertiary/aromatic N) is 1. The fourth-order valence-corrected chi connectivity index (χ4v) is 1.71. The van der Waals surface area contributed by atoms with Crippen molar-refractivity contribution in [1.29, 1.82) is 0 Å². The maximum atomic E-state index is 12.1. The van der Waals surface area contributed by atoms with Crippen LogP contribution in [0.4, 0.5) is 14.5 Å². The van der Waals surface area contributed by atoms with E-state index in [1.165, 1.54) is 12.1 Å². The van der Waals surface area contributed by atoms with E-state index >= 15 is 0 Å². The minimum atomic E-state index is -2.84. The van der Waals surface area contributed by atoms with Gasteiger partial charge in [0.1, 0.15) is 5.75 Å². The summed E-state index contributed by atoms with van der Waals surface area (Å²) in [5, 5.41) is 2.94. The Labute approximate surface area is 144 Å². The third kappa shape index (κ3) is 6.25. The van der Waals surface area contributed by atoms with Gasteiger partial charge in [-0.05, 0) is 29.8 Å². The molecule has 0 amide bonds. The normalized spacial score (nSPS) is 11.0. The van der Waals surface area contributed by atoms with Gasteiger partial charge in [-0.1, -0.05) is 30.3 Å². The molecule has 0 aliphatic rings. The minimum absolute atomic E-state index is 0. The monoisotopic (exact) mass is 419 g/mol. The van der Waals surface area contributed by atoms with Gasteiger partial charge in [0.25, 0.3) is 0 Å². The number of hydrogen-bond acceptors (Lipinski definition) is 2. The number of benzene rings is 2. The van der Waals surface area contributed by atoms with Crippen LogP contribution in [0.3, 0.4) is 0 Å². The first-order valence-electron chi connectivity index (χ1n) is 6.29. The molecule has 0 fully saturated rings. The van der Waals surface area contributed by atoms with E-state index in [0.29, 0.717) is 0 Å². The average molecular weight is 419 g/mol. The van der Waals surface area contributed by atoms with Crippen molar-refractivity contribution in [3.05, 3.63) is 60.2 Å². The summed E-state index contributed by atoms with van der Waals surface area (Å²) in [6.07, 6.45) is 0. The third-order valence-corrected chi connectivity index (χ3v) is 2.60. The second kappa shape index (κ2) is 9.19. The lowest BCUT2D eigenvalue weighted by molar-refractivity contribution is -0.0498. The van der Waals surface area contributed by atoms with E-state index in [4.69, 9.17) is 5.73 Å². The molecule has 3 N–H and O–H groups in total. The number of alkyl halides is 2. The van der Waals surface area contributed by atoms with Crippen LogP contribution in [0, 0.1) is 0 Å². The number of rotatable bonds is 5. The Kier molecular flexibility index (Phi) is 7.58. The van der Waals surface area contributed by atoms with Gasteiger partial charge in [-0.25, -0.2) is 4.99 Å². The first kappa shape index (κ1) is 18.1. The number of anilines is 1. The van der Waals surface area contributed by atoms with Gasteiger partial charge in [0.2, 0.25) is 0 Å². The molecule has 0 heterocycles. The Hall–Kier alpha value is -1.90. The van der Waals surface area contributed by atoms with E-state index < -0.39 is 6.61 Å². The van der Waals surface area contributed by atoms with Crippen molar-refractivity contribution >= 4 is 35.6 Å². The number of nitrogens with two attached hydrogens (primary N) is 1. The Bertz CT molecular complexity index is 609. The number of nitrogens with one attached hydrogen (secondary N) is 1. The predicted molar refractivity (Wildman–Crippen MR) is 93.9 cm³/mol. The fourth-order valence-electron chi connectivity index (χ4n) is 1.71. The maximum Gasteiger partial charge on any atom is 0.387 e. The highest BCUT2D eigenvalue weighted by Crippen LogP contribution is 2.16. The van der Waals surface area contributed by atoms with Crippen LogP contribution in [-0.4, -0.2) is 12.6 Å². The summed E-state index contributed by atoms with van der Waals surface area (Å²) in [4.78, 5) is 4.15. The highest BCUT2D eigenvalue weighted by Gasteiger charge is 2.04. The van der Waals surface area contributed by atoms with Gasteiger partial charge >= 0.3 is 6.61 Å². The lowest BCUT2D eigenvalue weighted by Gasteiger charge is -2.07. The van der Waals surface area contributed by atoms with Gasteiger partial charge in [0, 0.05) is 5.69 Å². The van der Waals surface area contributed by atoms with Gasteiger partial charge in [-0.3, -0.25) is 0 Å². The van der Waals surface area contributed by atoms with Gasteiger partial charge in [0.05, 0.1) is 6.54 Å². The summed E-state index contributed by atoms with van der Waals surface area (Å²) in [6, 6.07) is 15.7. The van der Waals surface area contributed by atoms with Gasteiger partial charge in [-0.2, -0.15) is 8.78 Å². The molecule has 0 atom stereocenters. The molecular formula is C15H16F2IN3O. The van der Waals surface area contributed by atoms with Crippen LogP contribution < -0.4 is 15.8 Å². The topological polar surface area (TPSA) is 59.6 Å². The zero-order valence-electron chi connectivity index (χ0n) is 11.6. The van der Waals surface area contributed by atoms with Crippen molar-refractivity contribution in [3.8, 4) is 5.75 Å². The van der Waals surface area contributed by atoms with E-state index in [1.807, 2.05) is 30.3 Å². The quantitative estimate of drug-likeness (QED) is 0.440. The molecular weight excluding hydrogens is 403 g/mol. The number of ether oxygens (including phenoxy) is 1. The van der Waals surface area contributed by atoms with E-state index in [-0.39, 0.29) is 42.2 Å². The lowest BCUT2D eigenvalue weighted by atomic mass is 10.2.